The Morgan fingerprint density at radius 1 is 0.964 bits per heavy atom. The van der Waals surface area contributed by atoms with Gasteiger partial charge in [0.05, 0.1) is 16.6 Å². The van der Waals surface area contributed by atoms with Gasteiger partial charge < -0.3 is 15.0 Å². The number of halogens is 2. The fraction of sp³-hybridized carbons (Fsp3) is 0.0476. The molecule has 0 aliphatic carbocycles. The minimum absolute atomic E-state index is 0.0316. The molecular weight excluding hydrogens is 364 g/mol. The van der Waals surface area contributed by atoms with Crippen molar-refractivity contribution in [2.75, 3.05) is 5.32 Å². The first-order valence-electron chi connectivity index (χ1n) is 8.50. The summed E-state index contributed by atoms with van der Waals surface area (Å²) in [4.78, 5) is 20.2. The number of hydrogen-bond acceptors (Lipinski definition) is 3. The van der Waals surface area contributed by atoms with Crippen molar-refractivity contribution in [3.05, 3.63) is 78.4 Å². The molecule has 0 unspecified atom stereocenters. The highest BCUT2D eigenvalue weighted by Crippen LogP contribution is 2.24. The minimum Gasteiger partial charge on any atom is -0.434 e. The van der Waals surface area contributed by atoms with Gasteiger partial charge in [-0.25, -0.2) is 4.98 Å². The van der Waals surface area contributed by atoms with Crippen LogP contribution in [0, 0.1) is 0 Å². The maximum atomic E-state index is 12.5. The molecule has 4 rings (SSSR count). The molecule has 4 aromatic rings. The first-order chi connectivity index (χ1) is 13.6. The van der Waals surface area contributed by atoms with E-state index in [2.05, 4.69) is 20.0 Å². The van der Waals surface area contributed by atoms with Crippen LogP contribution in [0.25, 0.3) is 22.4 Å². The largest absolute Gasteiger partial charge is 0.434 e. The van der Waals surface area contributed by atoms with Crippen molar-refractivity contribution in [3.8, 4) is 17.1 Å². The zero-order valence-corrected chi connectivity index (χ0v) is 14.5. The van der Waals surface area contributed by atoms with Gasteiger partial charge in [0.15, 0.2) is 0 Å². The van der Waals surface area contributed by atoms with Crippen LogP contribution in [0.4, 0.5) is 14.5 Å². The summed E-state index contributed by atoms with van der Waals surface area (Å²) in [7, 11) is 0. The van der Waals surface area contributed by atoms with Crippen LogP contribution in [0.1, 0.15) is 10.4 Å². The number of hydrogen-bond donors (Lipinski definition) is 2. The molecule has 2 N–H and O–H groups in total. The number of imidazole rings is 1. The summed E-state index contributed by atoms with van der Waals surface area (Å²) in [6, 6.07) is 20.6. The molecule has 0 saturated carbocycles. The number of aromatic nitrogens is 2. The van der Waals surface area contributed by atoms with E-state index in [4.69, 9.17) is 0 Å². The molecule has 28 heavy (non-hydrogen) atoms. The highest BCUT2D eigenvalue weighted by Gasteiger charge is 2.15. The molecule has 0 fully saturated rings. The van der Waals surface area contributed by atoms with Gasteiger partial charge in [-0.1, -0.05) is 24.3 Å². The fourth-order valence-corrected chi connectivity index (χ4v) is 2.85. The van der Waals surface area contributed by atoms with Gasteiger partial charge in [-0.2, -0.15) is 8.78 Å². The number of ether oxygens (including phenoxy) is 1. The maximum absolute atomic E-state index is 12.5. The number of fused-ring (bicyclic) bond motifs is 1. The van der Waals surface area contributed by atoms with Gasteiger partial charge in [0.25, 0.3) is 5.91 Å². The third-order valence-corrected chi connectivity index (χ3v) is 4.15. The van der Waals surface area contributed by atoms with E-state index >= 15 is 0 Å². The normalized spacial score (nSPS) is 11.0. The van der Waals surface area contributed by atoms with Crippen LogP contribution in [0.2, 0.25) is 0 Å². The van der Waals surface area contributed by atoms with Crippen molar-refractivity contribution < 1.29 is 18.3 Å². The molecule has 140 valence electrons. The maximum Gasteiger partial charge on any atom is 0.387 e. The van der Waals surface area contributed by atoms with Gasteiger partial charge in [-0.05, 0) is 48.5 Å². The Hall–Kier alpha value is -3.74. The SMILES string of the molecule is O=C(Nc1ccc(-c2nc3ccccc3[nH]2)cc1)c1ccccc1OC(F)F. The number of aromatic amines is 1. The van der Waals surface area contributed by atoms with E-state index in [1.54, 1.807) is 18.2 Å². The first-order valence-corrected chi connectivity index (χ1v) is 8.50. The van der Waals surface area contributed by atoms with E-state index in [0.29, 0.717) is 5.69 Å². The standard InChI is InChI=1S/C21H15F2N3O2/c22-21(23)28-18-8-4-1-5-15(18)20(27)24-14-11-9-13(10-12-14)19-25-16-6-2-3-7-17(16)26-19/h1-12,21H,(H,24,27)(H,25,26). The van der Waals surface area contributed by atoms with Gasteiger partial charge in [-0.3, -0.25) is 4.79 Å². The van der Waals surface area contributed by atoms with E-state index < -0.39 is 12.5 Å². The third-order valence-electron chi connectivity index (χ3n) is 4.15. The van der Waals surface area contributed by atoms with Crippen LogP contribution in [0.3, 0.4) is 0 Å². The second kappa shape index (κ2) is 7.48. The number of carbonyl (C=O) groups excluding carboxylic acids is 1. The topological polar surface area (TPSA) is 67.0 Å². The summed E-state index contributed by atoms with van der Waals surface area (Å²) in [5, 5.41) is 2.68. The molecule has 0 spiro atoms. The molecule has 0 saturated heterocycles. The molecule has 1 amide bonds. The lowest BCUT2D eigenvalue weighted by Crippen LogP contribution is -2.14. The Bertz CT molecular complexity index is 1090. The smallest absolute Gasteiger partial charge is 0.387 e. The van der Waals surface area contributed by atoms with Gasteiger partial charge >= 0.3 is 6.61 Å². The number of carbonyl (C=O) groups is 1. The van der Waals surface area contributed by atoms with Crippen LogP contribution in [-0.4, -0.2) is 22.5 Å². The van der Waals surface area contributed by atoms with Crippen molar-refractivity contribution in [2.45, 2.75) is 6.61 Å². The highest BCUT2D eigenvalue weighted by atomic mass is 19.3. The Morgan fingerprint density at radius 3 is 2.43 bits per heavy atom. The van der Waals surface area contributed by atoms with E-state index in [9.17, 15) is 13.6 Å². The minimum atomic E-state index is -3.00. The lowest BCUT2D eigenvalue weighted by molar-refractivity contribution is -0.0501. The number of nitrogens with zero attached hydrogens (tertiary/aromatic N) is 1. The third kappa shape index (κ3) is 3.68. The van der Waals surface area contributed by atoms with Crippen LogP contribution >= 0.6 is 0 Å². The van der Waals surface area contributed by atoms with Crippen LogP contribution in [-0.2, 0) is 0 Å². The number of anilines is 1. The molecule has 5 nitrogen and oxygen atoms in total. The highest BCUT2D eigenvalue weighted by molar-refractivity contribution is 6.06. The molecule has 0 radical (unpaired) electrons. The Kier molecular flexibility index (Phi) is 4.72. The molecule has 0 aliphatic rings. The van der Waals surface area contributed by atoms with Crippen LogP contribution in [0.5, 0.6) is 5.75 Å². The number of H-pyrrole nitrogens is 1. The van der Waals surface area contributed by atoms with E-state index in [0.717, 1.165) is 22.4 Å². The predicted molar refractivity (Wildman–Crippen MR) is 103 cm³/mol. The summed E-state index contributed by atoms with van der Waals surface area (Å²) in [6.07, 6.45) is 0. The van der Waals surface area contributed by atoms with Crippen molar-refractivity contribution in [1.82, 2.24) is 9.97 Å². The van der Waals surface area contributed by atoms with E-state index in [-0.39, 0.29) is 11.3 Å². The molecule has 7 heteroatoms. The number of nitrogens with one attached hydrogen (secondary N) is 2. The van der Waals surface area contributed by atoms with Crippen molar-refractivity contribution >= 4 is 22.6 Å². The average Bonchev–Trinajstić information content (AvgIpc) is 3.12. The van der Waals surface area contributed by atoms with E-state index in [1.165, 1.54) is 18.2 Å². The summed E-state index contributed by atoms with van der Waals surface area (Å²) in [6.45, 7) is -3.00. The molecular formula is C21H15F2N3O2. The summed E-state index contributed by atoms with van der Waals surface area (Å²) < 4.78 is 29.4. The zero-order chi connectivity index (χ0) is 19.5. The Labute approximate surface area is 159 Å². The van der Waals surface area contributed by atoms with Gasteiger partial charge in [0, 0.05) is 11.3 Å². The number of amides is 1. The molecule has 0 aliphatic heterocycles. The second-order valence-corrected chi connectivity index (χ2v) is 6.01. The predicted octanol–water partition coefficient (Wildman–Crippen LogP) is 5.08. The molecule has 1 aromatic heterocycles. The second-order valence-electron chi connectivity index (χ2n) is 6.01. The first kappa shape index (κ1) is 17.7. The quantitative estimate of drug-likeness (QED) is 0.508. The summed E-state index contributed by atoms with van der Waals surface area (Å²) >= 11 is 0. The summed E-state index contributed by atoms with van der Waals surface area (Å²) in [5.41, 5.74) is 3.22. The van der Waals surface area contributed by atoms with Gasteiger partial charge in [0.1, 0.15) is 11.6 Å². The lowest BCUT2D eigenvalue weighted by Gasteiger charge is -2.11. The van der Waals surface area contributed by atoms with E-state index in [1.807, 2.05) is 36.4 Å². The van der Waals surface area contributed by atoms with Crippen LogP contribution in [0.15, 0.2) is 72.8 Å². The molecule has 0 atom stereocenters. The van der Waals surface area contributed by atoms with Crippen molar-refractivity contribution in [2.24, 2.45) is 0 Å². The Balaban J connectivity index is 1.53. The summed E-state index contributed by atoms with van der Waals surface area (Å²) in [5.74, 6) is 0.0105. The number of benzene rings is 3. The Morgan fingerprint density at radius 2 is 1.68 bits per heavy atom. The van der Waals surface area contributed by atoms with Crippen molar-refractivity contribution in [3.63, 3.8) is 0 Å². The molecule has 3 aromatic carbocycles. The monoisotopic (exact) mass is 379 g/mol. The number of alkyl halides is 2. The fourth-order valence-electron chi connectivity index (χ4n) is 2.85. The van der Waals surface area contributed by atoms with Gasteiger partial charge in [0.2, 0.25) is 0 Å². The van der Waals surface area contributed by atoms with Crippen LogP contribution < -0.4 is 10.1 Å². The molecule has 1 heterocycles. The van der Waals surface area contributed by atoms with Gasteiger partial charge in [-0.15, -0.1) is 0 Å². The lowest BCUT2D eigenvalue weighted by atomic mass is 10.1. The van der Waals surface area contributed by atoms with Crippen molar-refractivity contribution in [1.29, 1.82) is 0 Å². The number of rotatable bonds is 5. The molecule has 0 bridgehead atoms. The average molecular weight is 379 g/mol. The zero-order valence-electron chi connectivity index (χ0n) is 14.5. The number of para-hydroxylation sites is 3.